The van der Waals surface area contributed by atoms with Crippen molar-refractivity contribution in [3.63, 3.8) is 0 Å². The first-order chi connectivity index (χ1) is 11.1. The molecule has 1 N–H and O–H groups in total. The van der Waals surface area contributed by atoms with Crippen LogP contribution in [0.5, 0.6) is 0 Å². The number of aliphatic hydroxyl groups is 1. The van der Waals surface area contributed by atoms with Gasteiger partial charge in [0.2, 0.25) is 0 Å². The summed E-state index contributed by atoms with van der Waals surface area (Å²) in [5.74, 6) is -0.644. The van der Waals surface area contributed by atoms with E-state index in [1.54, 1.807) is 42.5 Å². The van der Waals surface area contributed by atoms with E-state index in [0.717, 1.165) is 0 Å². The van der Waals surface area contributed by atoms with Gasteiger partial charge in [-0.3, -0.25) is 14.2 Å². The van der Waals surface area contributed by atoms with Crippen LogP contribution in [0.4, 0.5) is 0 Å². The molecule has 1 heterocycles. The Kier molecular flexibility index (Phi) is 4.08. The fourth-order valence-corrected chi connectivity index (χ4v) is 2.66. The summed E-state index contributed by atoms with van der Waals surface area (Å²) in [6, 6.07) is 9.14. The van der Waals surface area contributed by atoms with Crippen molar-refractivity contribution in [1.29, 1.82) is 0 Å². The maximum atomic E-state index is 12.6. The van der Waals surface area contributed by atoms with Crippen LogP contribution in [0.25, 0.3) is 0 Å². The zero-order valence-corrected chi connectivity index (χ0v) is 12.3. The highest BCUT2D eigenvalue weighted by Crippen LogP contribution is 2.20. The van der Waals surface area contributed by atoms with Crippen molar-refractivity contribution in [1.82, 2.24) is 9.13 Å². The normalized spacial score (nSPS) is 20.4. The lowest BCUT2D eigenvalue weighted by molar-refractivity contribution is 0.0947. The fraction of sp³-hybridized carbons (Fsp3) is 0.235. The van der Waals surface area contributed by atoms with E-state index in [1.807, 2.05) is 0 Å². The lowest BCUT2D eigenvalue weighted by Gasteiger charge is -2.22. The van der Waals surface area contributed by atoms with Crippen LogP contribution < -0.4 is 11.2 Å². The molecule has 2 aromatic rings. The first-order valence-corrected chi connectivity index (χ1v) is 7.38. The number of benzene rings is 1. The molecule has 6 nitrogen and oxygen atoms in total. The lowest BCUT2D eigenvalue weighted by atomic mass is 10.0. The largest absolute Gasteiger partial charge is 0.389 e. The Labute approximate surface area is 131 Å². The van der Waals surface area contributed by atoms with Gasteiger partial charge < -0.3 is 5.11 Å². The predicted molar refractivity (Wildman–Crippen MR) is 84.6 cm³/mol. The smallest absolute Gasteiger partial charge is 0.338 e. The minimum Gasteiger partial charge on any atom is -0.389 e. The maximum Gasteiger partial charge on any atom is 0.338 e. The quantitative estimate of drug-likeness (QED) is 0.837. The first-order valence-electron chi connectivity index (χ1n) is 7.38. The van der Waals surface area contributed by atoms with Gasteiger partial charge in [-0.1, -0.05) is 30.4 Å². The second kappa shape index (κ2) is 6.18. The summed E-state index contributed by atoms with van der Waals surface area (Å²) in [4.78, 5) is 37.1. The number of allylic oxidation sites excluding steroid dienone is 1. The topological polar surface area (TPSA) is 81.3 Å². The summed E-state index contributed by atoms with van der Waals surface area (Å²) in [6.45, 7) is 0. The van der Waals surface area contributed by atoms with Crippen molar-refractivity contribution in [2.75, 3.05) is 0 Å². The molecular weight excluding hydrogens is 296 g/mol. The van der Waals surface area contributed by atoms with Crippen molar-refractivity contribution in [2.45, 2.75) is 25.0 Å². The summed E-state index contributed by atoms with van der Waals surface area (Å²) >= 11 is 0. The van der Waals surface area contributed by atoms with E-state index in [4.69, 9.17) is 0 Å². The van der Waals surface area contributed by atoms with Gasteiger partial charge in [0.1, 0.15) is 0 Å². The third-order valence-corrected chi connectivity index (χ3v) is 3.91. The van der Waals surface area contributed by atoms with Crippen molar-refractivity contribution < 1.29 is 9.90 Å². The molecule has 2 atom stereocenters. The van der Waals surface area contributed by atoms with Gasteiger partial charge in [0.25, 0.3) is 11.5 Å². The Balaban J connectivity index is 2.07. The average molecular weight is 312 g/mol. The van der Waals surface area contributed by atoms with Crippen molar-refractivity contribution >= 4 is 5.91 Å². The number of hydrogen-bond donors (Lipinski definition) is 1. The van der Waals surface area contributed by atoms with Gasteiger partial charge in [-0.05, 0) is 25.0 Å². The van der Waals surface area contributed by atoms with E-state index < -0.39 is 23.3 Å². The van der Waals surface area contributed by atoms with E-state index in [1.165, 1.54) is 16.8 Å². The molecule has 1 aliphatic carbocycles. The van der Waals surface area contributed by atoms with Gasteiger partial charge in [0, 0.05) is 17.8 Å². The van der Waals surface area contributed by atoms with Gasteiger partial charge in [0.05, 0.1) is 12.1 Å². The molecule has 0 fully saturated rings. The number of hydrogen-bond acceptors (Lipinski definition) is 4. The molecule has 1 aromatic carbocycles. The zero-order chi connectivity index (χ0) is 16.4. The summed E-state index contributed by atoms with van der Waals surface area (Å²) in [6.07, 6.45) is 5.31. The Morgan fingerprint density at radius 2 is 1.78 bits per heavy atom. The first kappa shape index (κ1) is 15.2. The van der Waals surface area contributed by atoms with E-state index in [9.17, 15) is 19.5 Å². The van der Waals surface area contributed by atoms with E-state index in [0.29, 0.717) is 17.4 Å². The zero-order valence-electron chi connectivity index (χ0n) is 12.3. The molecule has 0 spiro atoms. The van der Waals surface area contributed by atoms with Crippen LogP contribution in [0.3, 0.4) is 0 Å². The van der Waals surface area contributed by atoms with E-state index >= 15 is 0 Å². The SMILES string of the molecule is O=C(c1ccccc1)n1c(=O)ccn([C@@H]2C=C[C@@H](O)CC2)c1=O. The number of nitrogens with zero attached hydrogens (tertiary/aromatic N) is 2. The van der Waals surface area contributed by atoms with Crippen LogP contribution in [-0.2, 0) is 0 Å². The van der Waals surface area contributed by atoms with Crippen LogP contribution in [0, 0.1) is 0 Å². The second-order valence-electron chi connectivity index (χ2n) is 5.45. The van der Waals surface area contributed by atoms with Gasteiger partial charge in [-0.25, -0.2) is 4.79 Å². The van der Waals surface area contributed by atoms with Gasteiger partial charge >= 0.3 is 5.69 Å². The molecule has 0 amide bonds. The van der Waals surface area contributed by atoms with E-state index in [-0.39, 0.29) is 11.6 Å². The second-order valence-corrected chi connectivity index (χ2v) is 5.45. The summed E-state index contributed by atoms with van der Waals surface area (Å²) in [7, 11) is 0. The summed E-state index contributed by atoms with van der Waals surface area (Å²) in [5, 5.41) is 9.50. The van der Waals surface area contributed by atoms with Crippen molar-refractivity contribution in [3.05, 3.63) is 81.1 Å². The van der Waals surface area contributed by atoms with Crippen molar-refractivity contribution in [2.24, 2.45) is 0 Å². The molecule has 0 bridgehead atoms. The van der Waals surface area contributed by atoms with Crippen molar-refractivity contribution in [3.8, 4) is 0 Å². The number of rotatable bonds is 2. The Hall–Kier alpha value is -2.73. The number of aliphatic hydroxyl groups excluding tert-OH is 1. The molecule has 0 radical (unpaired) electrons. The molecule has 0 aliphatic heterocycles. The van der Waals surface area contributed by atoms with Gasteiger partial charge in [-0.15, -0.1) is 0 Å². The Morgan fingerprint density at radius 1 is 1.04 bits per heavy atom. The van der Waals surface area contributed by atoms with Crippen LogP contribution in [0.15, 0.2) is 64.3 Å². The van der Waals surface area contributed by atoms with Crippen LogP contribution in [0.2, 0.25) is 0 Å². The molecule has 23 heavy (non-hydrogen) atoms. The molecule has 1 aromatic heterocycles. The molecule has 0 unspecified atom stereocenters. The Morgan fingerprint density at radius 3 is 2.43 bits per heavy atom. The lowest BCUT2D eigenvalue weighted by Crippen LogP contribution is -2.44. The molecule has 0 saturated carbocycles. The van der Waals surface area contributed by atoms with Crippen LogP contribution >= 0.6 is 0 Å². The third-order valence-electron chi connectivity index (χ3n) is 3.91. The van der Waals surface area contributed by atoms with Crippen LogP contribution in [0.1, 0.15) is 29.2 Å². The monoisotopic (exact) mass is 312 g/mol. The fourth-order valence-electron chi connectivity index (χ4n) is 2.66. The van der Waals surface area contributed by atoms with Gasteiger partial charge in [-0.2, -0.15) is 4.57 Å². The highest BCUT2D eigenvalue weighted by Gasteiger charge is 2.20. The minimum atomic E-state index is -0.669. The average Bonchev–Trinajstić information content (AvgIpc) is 2.57. The Bertz CT molecular complexity index is 864. The predicted octanol–water partition coefficient (Wildman–Crippen LogP) is 0.950. The summed E-state index contributed by atoms with van der Waals surface area (Å²) in [5.41, 5.74) is -1.05. The maximum absolute atomic E-state index is 12.6. The third kappa shape index (κ3) is 2.93. The highest BCUT2D eigenvalue weighted by molar-refractivity contribution is 5.95. The molecule has 118 valence electrons. The molecule has 6 heteroatoms. The number of carbonyl (C=O) groups excluding carboxylic acids is 1. The molecule has 3 rings (SSSR count). The summed E-state index contributed by atoms with van der Waals surface area (Å²) < 4.78 is 2.00. The standard InChI is InChI=1S/C17H16N2O4/c20-14-8-6-13(7-9-14)18-11-10-15(21)19(17(18)23)16(22)12-4-2-1-3-5-12/h1-6,8,10-11,13-14,20H,7,9H2/t13-,14-/m1/s1. The highest BCUT2D eigenvalue weighted by atomic mass is 16.3. The molecular formula is C17H16N2O4. The number of aromatic nitrogens is 2. The van der Waals surface area contributed by atoms with Gasteiger partial charge in [0.15, 0.2) is 0 Å². The van der Waals surface area contributed by atoms with E-state index in [2.05, 4.69) is 0 Å². The molecule has 1 aliphatic rings. The van der Waals surface area contributed by atoms with Crippen LogP contribution in [-0.4, -0.2) is 26.3 Å². The number of carbonyl (C=O) groups is 1. The molecule has 0 saturated heterocycles. The minimum absolute atomic E-state index is 0.277.